The Morgan fingerprint density at radius 2 is 2.25 bits per heavy atom. The second-order valence-corrected chi connectivity index (χ2v) is 3.51. The number of amides is 1. The molecule has 0 fully saturated rings. The van der Waals surface area contributed by atoms with Crippen LogP contribution in [0.3, 0.4) is 0 Å². The average Bonchev–Trinajstić information content (AvgIpc) is 2.04. The van der Waals surface area contributed by atoms with Crippen molar-refractivity contribution in [3.05, 3.63) is 11.5 Å². The zero-order valence-electron chi connectivity index (χ0n) is 6.25. The van der Waals surface area contributed by atoms with Gasteiger partial charge in [0.25, 0.3) is 0 Å². The average molecular weight is 188 g/mol. The van der Waals surface area contributed by atoms with Gasteiger partial charge in [0.05, 0.1) is 12.3 Å². The lowest BCUT2D eigenvalue weighted by molar-refractivity contribution is -0.119. The topological polar surface area (TPSA) is 67.4 Å². The van der Waals surface area contributed by atoms with Gasteiger partial charge in [-0.2, -0.15) is 0 Å². The number of hydrogen-bond donors (Lipinski definition) is 2. The Labute approximate surface area is 71.9 Å². The summed E-state index contributed by atoms with van der Waals surface area (Å²) in [6.07, 6.45) is 1.59. The number of carbonyl (C=O) groups excluding carboxylic acids is 1. The van der Waals surface area contributed by atoms with Gasteiger partial charge in [-0.25, -0.2) is 4.21 Å². The van der Waals surface area contributed by atoms with E-state index in [-0.39, 0.29) is 5.91 Å². The van der Waals surface area contributed by atoms with Crippen LogP contribution in [-0.4, -0.2) is 16.7 Å². The number of nitrogens with one attached hydrogen (secondary N) is 2. The van der Waals surface area contributed by atoms with E-state index >= 15 is 0 Å². The van der Waals surface area contributed by atoms with Crippen molar-refractivity contribution < 1.29 is 13.7 Å². The quantitative estimate of drug-likeness (QED) is 0.528. The van der Waals surface area contributed by atoms with E-state index in [1.165, 1.54) is 0 Å². The summed E-state index contributed by atoms with van der Waals surface area (Å²) in [5.74, 6) is -0.0948. The van der Waals surface area contributed by atoms with E-state index in [2.05, 4.69) is 9.44 Å². The van der Waals surface area contributed by atoms with Crippen molar-refractivity contribution in [1.29, 1.82) is 0 Å². The Morgan fingerprint density at radius 3 is 3.08 bits per heavy atom. The van der Waals surface area contributed by atoms with Crippen LogP contribution in [0.2, 0.25) is 0 Å². The standard InChI is InChI=1S/C6H8N2O3S/c9-6-5-4(2-1-3-11-5)7-12(10)8-6/h7H,1-3H2,(H,8,9). The van der Waals surface area contributed by atoms with Gasteiger partial charge in [0.2, 0.25) is 16.9 Å². The third-order valence-electron chi connectivity index (χ3n) is 1.70. The van der Waals surface area contributed by atoms with E-state index in [4.69, 9.17) is 4.74 Å². The molecule has 2 heterocycles. The summed E-state index contributed by atoms with van der Waals surface area (Å²) in [6, 6.07) is 0. The molecule has 2 aliphatic rings. The van der Waals surface area contributed by atoms with E-state index < -0.39 is 11.2 Å². The summed E-state index contributed by atoms with van der Waals surface area (Å²) in [5.41, 5.74) is 0.656. The minimum absolute atomic E-state index is 0.292. The molecule has 1 unspecified atom stereocenters. The highest BCUT2D eigenvalue weighted by Gasteiger charge is 2.27. The van der Waals surface area contributed by atoms with Crippen molar-refractivity contribution >= 4 is 17.1 Å². The fourth-order valence-electron chi connectivity index (χ4n) is 1.19. The molecule has 0 aromatic carbocycles. The maximum Gasteiger partial charge on any atom is 0.301 e. The van der Waals surface area contributed by atoms with Crippen LogP contribution in [0.25, 0.3) is 0 Å². The SMILES string of the molecule is O=C1NS(=O)NC2=C1OCCC2. The van der Waals surface area contributed by atoms with Crippen LogP contribution in [0.1, 0.15) is 12.8 Å². The van der Waals surface area contributed by atoms with E-state index in [1.54, 1.807) is 0 Å². The molecular formula is C6H8N2O3S. The Bertz CT molecular complexity index is 287. The Kier molecular flexibility index (Phi) is 1.76. The highest BCUT2D eigenvalue weighted by Crippen LogP contribution is 2.19. The van der Waals surface area contributed by atoms with Crippen LogP contribution >= 0.6 is 0 Å². The minimum Gasteiger partial charge on any atom is -0.486 e. The second-order valence-electron chi connectivity index (χ2n) is 2.56. The summed E-state index contributed by atoms with van der Waals surface area (Å²) in [7, 11) is 0. The molecule has 1 atom stereocenters. The molecule has 0 bridgehead atoms. The van der Waals surface area contributed by atoms with Gasteiger partial charge in [-0.1, -0.05) is 0 Å². The largest absolute Gasteiger partial charge is 0.486 e. The summed E-state index contributed by atoms with van der Waals surface area (Å²) < 4.78 is 20.9. The van der Waals surface area contributed by atoms with Crippen molar-refractivity contribution in [2.45, 2.75) is 12.8 Å². The summed E-state index contributed by atoms with van der Waals surface area (Å²) in [5, 5.41) is 0. The predicted octanol–water partition coefficient (Wildman–Crippen LogP) is -0.694. The molecule has 0 aromatic rings. The maximum atomic E-state index is 11.1. The molecule has 0 radical (unpaired) electrons. The van der Waals surface area contributed by atoms with Crippen molar-refractivity contribution in [3.63, 3.8) is 0 Å². The van der Waals surface area contributed by atoms with Crippen LogP contribution < -0.4 is 9.44 Å². The van der Waals surface area contributed by atoms with Crippen molar-refractivity contribution in [2.24, 2.45) is 0 Å². The molecular weight excluding hydrogens is 180 g/mol. The lowest BCUT2D eigenvalue weighted by atomic mass is 10.2. The first-order valence-electron chi connectivity index (χ1n) is 3.63. The monoisotopic (exact) mass is 188 g/mol. The lowest BCUT2D eigenvalue weighted by Gasteiger charge is -2.24. The highest BCUT2D eigenvalue weighted by atomic mass is 32.2. The Morgan fingerprint density at radius 1 is 1.42 bits per heavy atom. The second kappa shape index (κ2) is 2.78. The van der Waals surface area contributed by atoms with Gasteiger partial charge in [-0.15, -0.1) is 0 Å². The number of carbonyl (C=O) groups is 1. The van der Waals surface area contributed by atoms with Crippen molar-refractivity contribution in [2.75, 3.05) is 6.61 Å². The van der Waals surface area contributed by atoms with Gasteiger partial charge >= 0.3 is 5.91 Å². The normalized spacial score (nSPS) is 28.3. The first-order chi connectivity index (χ1) is 5.77. The first-order valence-corrected chi connectivity index (χ1v) is 4.78. The van der Waals surface area contributed by atoms with Crippen LogP contribution in [0.4, 0.5) is 0 Å². The molecule has 66 valence electrons. The van der Waals surface area contributed by atoms with Gasteiger partial charge in [-0.3, -0.25) is 14.2 Å². The summed E-state index contributed by atoms with van der Waals surface area (Å²) in [4.78, 5) is 11.1. The molecule has 2 rings (SSSR count). The number of rotatable bonds is 0. The predicted molar refractivity (Wildman–Crippen MR) is 41.6 cm³/mol. The van der Waals surface area contributed by atoms with E-state index in [1.807, 2.05) is 0 Å². The Hall–Kier alpha value is -1.04. The molecule has 2 N–H and O–H groups in total. The van der Waals surface area contributed by atoms with Crippen LogP contribution in [-0.2, 0) is 20.7 Å². The maximum absolute atomic E-state index is 11.1. The molecule has 0 saturated carbocycles. The number of ether oxygens (including phenoxy) is 1. The minimum atomic E-state index is -1.48. The molecule has 2 aliphatic heterocycles. The third kappa shape index (κ3) is 1.18. The van der Waals surface area contributed by atoms with Gasteiger partial charge in [-0.05, 0) is 12.8 Å². The summed E-state index contributed by atoms with van der Waals surface area (Å²) in [6.45, 7) is 0.556. The molecule has 0 spiro atoms. The van der Waals surface area contributed by atoms with E-state index in [9.17, 15) is 9.00 Å². The summed E-state index contributed by atoms with van der Waals surface area (Å²) >= 11 is -1.48. The molecule has 0 aromatic heterocycles. The van der Waals surface area contributed by atoms with Gasteiger partial charge in [0, 0.05) is 0 Å². The van der Waals surface area contributed by atoms with E-state index in [0.29, 0.717) is 18.1 Å². The zero-order chi connectivity index (χ0) is 8.55. The molecule has 5 nitrogen and oxygen atoms in total. The van der Waals surface area contributed by atoms with Crippen LogP contribution in [0.15, 0.2) is 11.5 Å². The fraction of sp³-hybridized carbons (Fsp3) is 0.500. The Balaban J connectivity index is 2.32. The zero-order valence-corrected chi connectivity index (χ0v) is 7.07. The smallest absolute Gasteiger partial charge is 0.301 e. The number of hydrogen-bond acceptors (Lipinski definition) is 3. The van der Waals surface area contributed by atoms with Crippen molar-refractivity contribution in [1.82, 2.24) is 9.44 Å². The highest BCUT2D eigenvalue weighted by molar-refractivity contribution is 7.81. The third-order valence-corrected chi connectivity index (χ3v) is 2.50. The number of allylic oxidation sites excluding steroid dienone is 1. The van der Waals surface area contributed by atoms with Gasteiger partial charge in [0.1, 0.15) is 0 Å². The lowest BCUT2D eigenvalue weighted by Crippen LogP contribution is -2.43. The molecule has 12 heavy (non-hydrogen) atoms. The van der Waals surface area contributed by atoms with Gasteiger partial charge < -0.3 is 4.74 Å². The molecule has 6 heteroatoms. The van der Waals surface area contributed by atoms with Crippen molar-refractivity contribution in [3.8, 4) is 0 Å². The van der Waals surface area contributed by atoms with Crippen LogP contribution in [0, 0.1) is 0 Å². The van der Waals surface area contributed by atoms with Gasteiger partial charge in [0.15, 0.2) is 0 Å². The molecule has 0 saturated heterocycles. The fourth-order valence-corrected chi connectivity index (χ4v) is 1.92. The van der Waals surface area contributed by atoms with E-state index in [0.717, 1.165) is 12.8 Å². The van der Waals surface area contributed by atoms with Crippen LogP contribution in [0.5, 0.6) is 0 Å². The first kappa shape index (κ1) is 7.60. The molecule has 0 aliphatic carbocycles. The molecule has 1 amide bonds.